The Bertz CT molecular complexity index is 484. The summed E-state index contributed by atoms with van der Waals surface area (Å²) in [7, 11) is -3.38. The van der Waals surface area contributed by atoms with Crippen molar-refractivity contribution in [3.63, 3.8) is 0 Å². The molecule has 1 aromatic heterocycles. The van der Waals surface area contributed by atoms with Gasteiger partial charge in [0.15, 0.2) is 0 Å². The number of hydrogen-bond donors (Lipinski definition) is 2. The van der Waals surface area contributed by atoms with Crippen molar-refractivity contribution in [2.75, 3.05) is 6.54 Å². The Morgan fingerprint density at radius 1 is 1.39 bits per heavy atom. The molecule has 104 valence electrons. The van der Waals surface area contributed by atoms with Gasteiger partial charge in [-0.2, -0.15) is 0 Å². The van der Waals surface area contributed by atoms with Crippen LogP contribution in [0.15, 0.2) is 16.3 Å². The highest BCUT2D eigenvalue weighted by Crippen LogP contribution is 2.31. The first kappa shape index (κ1) is 15.6. The smallest absolute Gasteiger partial charge is 0.250 e. The molecule has 4 nitrogen and oxygen atoms in total. The summed E-state index contributed by atoms with van der Waals surface area (Å²) < 4.78 is 27.0. The van der Waals surface area contributed by atoms with Gasteiger partial charge in [-0.15, -0.1) is 11.3 Å². The monoisotopic (exact) mass is 290 g/mol. The summed E-state index contributed by atoms with van der Waals surface area (Å²) in [4.78, 5) is 1.06. The highest BCUT2D eigenvalue weighted by Gasteiger charge is 2.21. The summed E-state index contributed by atoms with van der Waals surface area (Å²) in [6, 6.07) is 3.55. The van der Waals surface area contributed by atoms with Crippen LogP contribution in [-0.4, -0.2) is 21.0 Å². The Kier molecular flexibility index (Phi) is 4.94. The average Bonchev–Trinajstić information content (AvgIpc) is 2.64. The van der Waals surface area contributed by atoms with E-state index in [0.29, 0.717) is 17.2 Å². The van der Waals surface area contributed by atoms with E-state index >= 15 is 0 Å². The topological polar surface area (TPSA) is 72.2 Å². The van der Waals surface area contributed by atoms with E-state index in [1.165, 1.54) is 11.3 Å². The van der Waals surface area contributed by atoms with Gasteiger partial charge < -0.3 is 5.73 Å². The van der Waals surface area contributed by atoms with E-state index < -0.39 is 10.0 Å². The van der Waals surface area contributed by atoms with E-state index in [1.54, 1.807) is 6.07 Å². The van der Waals surface area contributed by atoms with Gasteiger partial charge in [0.25, 0.3) is 0 Å². The quantitative estimate of drug-likeness (QED) is 0.872. The van der Waals surface area contributed by atoms with Crippen LogP contribution >= 0.6 is 11.3 Å². The predicted octanol–water partition coefficient (Wildman–Crippen LogP) is 2.06. The van der Waals surface area contributed by atoms with E-state index in [4.69, 9.17) is 5.73 Å². The lowest BCUT2D eigenvalue weighted by molar-refractivity contribution is 0.574. The first-order chi connectivity index (χ1) is 8.13. The molecule has 6 heteroatoms. The Hall–Kier alpha value is -0.430. The summed E-state index contributed by atoms with van der Waals surface area (Å²) in [5, 5.41) is 0. The second-order valence-corrected chi connectivity index (χ2v) is 8.61. The molecule has 0 saturated carbocycles. The predicted molar refractivity (Wildman–Crippen MR) is 76.5 cm³/mol. The summed E-state index contributed by atoms with van der Waals surface area (Å²) in [5.41, 5.74) is 5.57. The molecule has 1 aromatic rings. The van der Waals surface area contributed by atoms with E-state index in [9.17, 15) is 8.42 Å². The SMILES string of the molecule is CC(N)CCNS(=O)(=O)c1ccc(C(C)(C)C)s1. The normalized spacial score (nSPS) is 14.7. The van der Waals surface area contributed by atoms with Gasteiger partial charge in [0, 0.05) is 17.5 Å². The Morgan fingerprint density at radius 2 is 2.00 bits per heavy atom. The van der Waals surface area contributed by atoms with Gasteiger partial charge in [-0.1, -0.05) is 20.8 Å². The second-order valence-electron chi connectivity index (χ2n) is 5.53. The van der Waals surface area contributed by atoms with Crippen molar-refractivity contribution in [3.05, 3.63) is 17.0 Å². The van der Waals surface area contributed by atoms with E-state index in [-0.39, 0.29) is 11.5 Å². The Labute approximate surface area is 114 Å². The van der Waals surface area contributed by atoms with E-state index in [2.05, 4.69) is 25.5 Å². The molecule has 0 fully saturated rings. The second kappa shape index (κ2) is 5.69. The summed E-state index contributed by atoms with van der Waals surface area (Å²) in [5.74, 6) is 0. The molecule has 18 heavy (non-hydrogen) atoms. The van der Waals surface area contributed by atoms with Gasteiger partial charge >= 0.3 is 0 Å². The van der Waals surface area contributed by atoms with Crippen molar-refractivity contribution in [1.82, 2.24) is 4.72 Å². The standard InChI is InChI=1S/C12H22N2O2S2/c1-9(13)7-8-14-18(15,16)11-6-5-10(17-11)12(2,3)4/h5-6,9,14H,7-8,13H2,1-4H3. The third-order valence-corrected chi connectivity index (χ3v) is 5.94. The van der Waals surface area contributed by atoms with Crippen LogP contribution in [0.25, 0.3) is 0 Å². The average molecular weight is 290 g/mol. The molecule has 0 aromatic carbocycles. The van der Waals surface area contributed by atoms with Gasteiger partial charge in [-0.05, 0) is 30.9 Å². The van der Waals surface area contributed by atoms with Crippen LogP contribution in [0.5, 0.6) is 0 Å². The molecule has 0 aliphatic rings. The van der Waals surface area contributed by atoms with Gasteiger partial charge in [-0.3, -0.25) is 0 Å². The van der Waals surface area contributed by atoms with E-state index in [0.717, 1.165) is 4.88 Å². The van der Waals surface area contributed by atoms with Crippen LogP contribution in [-0.2, 0) is 15.4 Å². The molecule has 0 aliphatic carbocycles. The van der Waals surface area contributed by atoms with Crippen molar-refractivity contribution >= 4 is 21.4 Å². The zero-order valence-electron chi connectivity index (χ0n) is 11.4. The molecule has 0 bridgehead atoms. The summed E-state index contributed by atoms with van der Waals surface area (Å²) in [6.07, 6.45) is 0.636. The molecule has 0 radical (unpaired) electrons. The lowest BCUT2D eigenvalue weighted by Crippen LogP contribution is -2.28. The minimum absolute atomic E-state index is 0.00109. The number of nitrogens with two attached hydrogens (primary N) is 1. The molecule has 3 N–H and O–H groups in total. The van der Waals surface area contributed by atoms with Crippen molar-refractivity contribution in [1.29, 1.82) is 0 Å². The number of rotatable bonds is 5. The molecule has 0 amide bonds. The largest absolute Gasteiger partial charge is 0.328 e. The molecule has 1 heterocycles. The molecule has 1 atom stereocenters. The molecule has 1 unspecified atom stereocenters. The lowest BCUT2D eigenvalue weighted by atomic mass is 9.95. The number of thiophene rings is 1. The van der Waals surface area contributed by atoms with Crippen LogP contribution in [0.1, 0.15) is 39.0 Å². The number of hydrogen-bond acceptors (Lipinski definition) is 4. The van der Waals surface area contributed by atoms with Crippen LogP contribution in [0, 0.1) is 0 Å². The van der Waals surface area contributed by atoms with Crippen molar-refractivity contribution < 1.29 is 8.42 Å². The highest BCUT2D eigenvalue weighted by atomic mass is 32.2. The van der Waals surface area contributed by atoms with Gasteiger partial charge in [0.1, 0.15) is 4.21 Å². The van der Waals surface area contributed by atoms with Crippen molar-refractivity contribution in [3.8, 4) is 0 Å². The van der Waals surface area contributed by atoms with Crippen LogP contribution in [0.3, 0.4) is 0 Å². The molecule has 0 spiro atoms. The third kappa shape index (κ3) is 4.35. The van der Waals surface area contributed by atoms with Gasteiger partial charge in [0.2, 0.25) is 10.0 Å². The van der Waals surface area contributed by atoms with Crippen molar-refractivity contribution in [2.45, 2.75) is 49.8 Å². The molecular formula is C12H22N2O2S2. The molecule has 0 saturated heterocycles. The fraction of sp³-hybridized carbons (Fsp3) is 0.667. The van der Waals surface area contributed by atoms with Crippen LogP contribution < -0.4 is 10.5 Å². The highest BCUT2D eigenvalue weighted by molar-refractivity contribution is 7.91. The number of sulfonamides is 1. The van der Waals surface area contributed by atoms with Gasteiger partial charge in [0.05, 0.1) is 0 Å². The minimum Gasteiger partial charge on any atom is -0.328 e. The fourth-order valence-corrected chi connectivity index (χ4v) is 3.82. The summed E-state index contributed by atoms with van der Waals surface area (Å²) in [6.45, 7) is 8.44. The maximum absolute atomic E-state index is 12.0. The fourth-order valence-electron chi connectivity index (χ4n) is 1.36. The third-order valence-electron chi connectivity index (χ3n) is 2.48. The van der Waals surface area contributed by atoms with Crippen LogP contribution in [0.4, 0.5) is 0 Å². The Balaban J connectivity index is 2.77. The minimum atomic E-state index is -3.38. The zero-order chi connectivity index (χ0) is 14.0. The molecule has 1 rings (SSSR count). The first-order valence-electron chi connectivity index (χ1n) is 5.98. The van der Waals surface area contributed by atoms with Crippen LogP contribution in [0.2, 0.25) is 0 Å². The lowest BCUT2D eigenvalue weighted by Gasteiger charge is -2.15. The maximum Gasteiger partial charge on any atom is 0.250 e. The number of nitrogens with one attached hydrogen (secondary N) is 1. The molecule has 0 aliphatic heterocycles. The van der Waals surface area contributed by atoms with Gasteiger partial charge in [-0.25, -0.2) is 13.1 Å². The Morgan fingerprint density at radius 3 is 2.44 bits per heavy atom. The summed E-state index contributed by atoms with van der Waals surface area (Å²) >= 11 is 1.32. The van der Waals surface area contributed by atoms with E-state index in [1.807, 2.05) is 13.0 Å². The van der Waals surface area contributed by atoms with Crippen molar-refractivity contribution in [2.24, 2.45) is 5.73 Å². The maximum atomic E-state index is 12.0. The zero-order valence-corrected chi connectivity index (χ0v) is 13.0. The molecular weight excluding hydrogens is 268 g/mol. The first-order valence-corrected chi connectivity index (χ1v) is 8.28.